The SMILES string of the molecule is O=C(CCCn1c(=O)oc2ccccc21)Nc1ccc(F)c(F)c1. The number of aryl methyl sites for hydroxylation is 1. The molecule has 0 bridgehead atoms. The zero-order valence-electron chi connectivity index (χ0n) is 12.6. The molecule has 0 aliphatic carbocycles. The van der Waals surface area contributed by atoms with Gasteiger partial charge in [-0.15, -0.1) is 0 Å². The van der Waals surface area contributed by atoms with Crippen molar-refractivity contribution in [2.24, 2.45) is 0 Å². The van der Waals surface area contributed by atoms with Crippen LogP contribution >= 0.6 is 0 Å². The van der Waals surface area contributed by atoms with Crippen LogP contribution in [0.1, 0.15) is 12.8 Å². The molecular formula is C17H14F2N2O3. The van der Waals surface area contributed by atoms with Gasteiger partial charge in [0.1, 0.15) is 0 Å². The highest BCUT2D eigenvalue weighted by Crippen LogP contribution is 2.15. The molecule has 7 heteroatoms. The molecule has 3 rings (SSSR count). The number of carbonyl (C=O) groups is 1. The second kappa shape index (κ2) is 6.66. The van der Waals surface area contributed by atoms with Gasteiger partial charge in [0.05, 0.1) is 5.52 Å². The van der Waals surface area contributed by atoms with Gasteiger partial charge in [0.25, 0.3) is 0 Å². The van der Waals surface area contributed by atoms with Gasteiger partial charge in [-0.25, -0.2) is 13.6 Å². The minimum absolute atomic E-state index is 0.130. The Bertz CT molecular complexity index is 946. The summed E-state index contributed by atoms with van der Waals surface area (Å²) < 4.78 is 32.5. The van der Waals surface area contributed by atoms with Gasteiger partial charge >= 0.3 is 5.76 Å². The van der Waals surface area contributed by atoms with E-state index in [-0.39, 0.29) is 18.0 Å². The van der Waals surface area contributed by atoms with Crippen molar-refractivity contribution < 1.29 is 18.0 Å². The molecule has 5 nitrogen and oxygen atoms in total. The van der Waals surface area contributed by atoms with Crippen molar-refractivity contribution in [3.05, 3.63) is 64.6 Å². The number of benzene rings is 2. The average Bonchev–Trinajstić information content (AvgIpc) is 2.87. The summed E-state index contributed by atoms with van der Waals surface area (Å²) >= 11 is 0. The maximum absolute atomic E-state index is 13.1. The molecule has 1 aromatic heterocycles. The number of oxazole rings is 1. The van der Waals surface area contributed by atoms with Crippen molar-refractivity contribution in [1.29, 1.82) is 0 Å². The Balaban J connectivity index is 1.59. The first kappa shape index (κ1) is 15.9. The lowest BCUT2D eigenvalue weighted by Gasteiger charge is -2.06. The van der Waals surface area contributed by atoms with Crippen LogP contribution in [0.15, 0.2) is 51.7 Å². The van der Waals surface area contributed by atoms with E-state index >= 15 is 0 Å². The fourth-order valence-electron chi connectivity index (χ4n) is 2.42. The van der Waals surface area contributed by atoms with Gasteiger partial charge in [0.15, 0.2) is 17.2 Å². The summed E-state index contributed by atoms with van der Waals surface area (Å²) in [4.78, 5) is 23.6. The first-order valence-electron chi connectivity index (χ1n) is 7.38. The highest BCUT2D eigenvalue weighted by atomic mass is 19.2. The van der Waals surface area contributed by atoms with E-state index < -0.39 is 17.4 Å². The number of rotatable bonds is 5. The Kier molecular flexibility index (Phi) is 4.41. The van der Waals surface area contributed by atoms with E-state index in [0.717, 1.165) is 12.1 Å². The zero-order chi connectivity index (χ0) is 17.1. The van der Waals surface area contributed by atoms with Gasteiger partial charge < -0.3 is 9.73 Å². The van der Waals surface area contributed by atoms with E-state index in [4.69, 9.17) is 4.42 Å². The molecule has 0 unspecified atom stereocenters. The third-order valence-corrected chi connectivity index (χ3v) is 3.56. The molecule has 1 heterocycles. The average molecular weight is 332 g/mol. The normalized spacial score (nSPS) is 10.9. The number of amides is 1. The van der Waals surface area contributed by atoms with Crippen LogP contribution in [0.3, 0.4) is 0 Å². The van der Waals surface area contributed by atoms with Gasteiger partial charge in [-0.05, 0) is 30.7 Å². The second-order valence-electron chi connectivity index (χ2n) is 5.27. The van der Waals surface area contributed by atoms with Crippen LogP contribution in [-0.2, 0) is 11.3 Å². The highest BCUT2D eigenvalue weighted by Gasteiger charge is 2.10. The number of fused-ring (bicyclic) bond motifs is 1. The number of carbonyl (C=O) groups excluding carboxylic acids is 1. The van der Waals surface area contributed by atoms with Crippen LogP contribution in [0.2, 0.25) is 0 Å². The lowest BCUT2D eigenvalue weighted by molar-refractivity contribution is -0.116. The number of nitrogens with one attached hydrogen (secondary N) is 1. The van der Waals surface area contributed by atoms with E-state index in [9.17, 15) is 18.4 Å². The molecule has 0 saturated heterocycles. The number of hydrogen-bond acceptors (Lipinski definition) is 3. The van der Waals surface area contributed by atoms with Crippen molar-refractivity contribution in [2.75, 3.05) is 5.32 Å². The first-order valence-corrected chi connectivity index (χ1v) is 7.38. The van der Waals surface area contributed by atoms with Crippen molar-refractivity contribution in [1.82, 2.24) is 4.57 Å². The molecule has 0 saturated carbocycles. The summed E-state index contributed by atoms with van der Waals surface area (Å²) in [5.41, 5.74) is 1.35. The van der Waals surface area contributed by atoms with E-state index in [2.05, 4.69) is 5.32 Å². The van der Waals surface area contributed by atoms with E-state index in [1.165, 1.54) is 10.6 Å². The van der Waals surface area contributed by atoms with Crippen LogP contribution in [0.5, 0.6) is 0 Å². The Morgan fingerprint density at radius 2 is 1.92 bits per heavy atom. The predicted molar refractivity (Wildman–Crippen MR) is 84.7 cm³/mol. The number of nitrogens with zero attached hydrogens (tertiary/aromatic N) is 1. The summed E-state index contributed by atoms with van der Waals surface area (Å²) in [7, 11) is 0. The molecule has 0 aliphatic heterocycles. The van der Waals surface area contributed by atoms with Crippen LogP contribution in [0, 0.1) is 11.6 Å². The number of hydrogen-bond donors (Lipinski definition) is 1. The summed E-state index contributed by atoms with van der Waals surface area (Å²) in [5, 5.41) is 2.49. The second-order valence-corrected chi connectivity index (χ2v) is 5.27. The molecule has 124 valence electrons. The van der Waals surface area contributed by atoms with Crippen molar-refractivity contribution in [3.63, 3.8) is 0 Å². The van der Waals surface area contributed by atoms with E-state index in [1.807, 2.05) is 0 Å². The maximum atomic E-state index is 13.1. The lowest BCUT2D eigenvalue weighted by Crippen LogP contribution is -2.17. The molecule has 3 aromatic rings. The quantitative estimate of drug-likeness (QED) is 0.780. The Hall–Kier alpha value is -2.96. The third kappa shape index (κ3) is 3.34. The van der Waals surface area contributed by atoms with Crippen LogP contribution in [-0.4, -0.2) is 10.5 Å². The van der Waals surface area contributed by atoms with Crippen LogP contribution < -0.4 is 11.1 Å². The smallest absolute Gasteiger partial charge is 0.408 e. The molecule has 0 aliphatic rings. The molecule has 0 spiro atoms. The summed E-state index contributed by atoms with van der Waals surface area (Å²) in [6, 6.07) is 10.2. The van der Waals surface area contributed by atoms with Crippen molar-refractivity contribution in [3.8, 4) is 0 Å². The van der Waals surface area contributed by atoms with E-state index in [1.54, 1.807) is 24.3 Å². The molecule has 0 atom stereocenters. The molecule has 0 radical (unpaired) electrons. The molecule has 1 N–H and O–H groups in total. The molecule has 2 aromatic carbocycles. The van der Waals surface area contributed by atoms with Crippen LogP contribution in [0.25, 0.3) is 11.1 Å². The highest BCUT2D eigenvalue weighted by molar-refractivity contribution is 5.90. The number of para-hydroxylation sites is 2. The van der Waals surface area contributed by atoms with E-state index in [0.29, 0.717) is 24.1 Å². The van der Waals surface area contributed by atoms with Gasteiger partial charge in [-0.3, -0.25) is 9.36 Å². The van der Waals surface area contributed by atoms with Crippen molar-refractivity contribution >= 4 is 22.7 Å². The topological polar surface area (TPSA) is 64.2 Å². The minimum Gasteiger partial charge on any atom is -0.408 e. The van der Waals surface area contributed by atoms with Gasteiger partial charge in [-0.2, -0.15) is 0 Å². The fourth-order valence-corrected chi connectivity index (χ4v) is 2.42. The maximum Gasteiger partial charge on any atom is 0.419 e. The molecular weight excluding hydrogens is 318 g/mol. The number of aromatic nitrogens is 1. The molecule has 24 heavy (non-hydrogen) atoms. The minimum atomic E-state index is -1.02. The third-order valence-electron chi connectivity index (χ3n) is 3.56. The monoisotopic (exact) mass is 332 g/mol. The first-order chi connectivity index (χ1) is 11.5. The fraction of sp³-hybridized carbons (Fsp3) is 0.176. The predicted octanol–water partition coefficient (Wildman–Crippen LogP) is 3.29. The van der Waals surface area contributed by atoms with Gasteiger partial charge in [0, 0.05) is 24.7 Å². The number of halogens is 2. The van der Waals surface area contributed by atoms with Gasteiger partial charge in [0.2, 0.25) is 5.91 Å². The van der Waals surface area contributed by atoms with Crippen LogP contribution in [0.4, 0.5) is 14.5 Å². The summed E-state index contributed by atoms with van der Waals surface area (Å²) in [6.45, 7) is 0.320. The van der Waals surface area contributed by atoms with Crippen molar-refractivity contribution in [2.45, 2.75) is 19.4 Å². The zero-order valence-corrected chi connectivity index (χ0v) is 12.6. The van der Waals surface area contributed by atoms with Gasteiger partial charge in [-0.1, -0.05) is 12.1 Å². The Labute approximate surface area is 135 Å². The lowest BCUT2D eigenvalue weighted by atomic mass is 10.2. The molecule has 1 amide bonds. The Morgan fingerprint density at radius 3 is 2.71 bits per heavy atom. The summed E-state index contributed by atoms with van der Waals surface area (Å²) in [5.74, 6) is -2.82. The standard InChI is InChI=1S/C17H14F2N2O3/c18-12-8-7-11(10-13(12)19)20-16(22)6-3-9-21-14-4-1-2-5-15(14)24-17(21)23/h1-2,4-5,7-8,10H,3,6,9H2,(H,20,22). The summed E-state index contributed by atoms with van der Waals surface area (Å²) in [6.07, 6.45) is 0.532. The largest absolute Gasteiger partial charge is 0.419 e. The molecule has 0 fully saturated rings. The number of anilines is 1. The Morgan fingerprint density at radius 1 is 1.12 bits per heavy atom.